The van der Waals surface area contributed by atoms with Crippen molar-refractivity contribution in [1.82, 2.24) is 14.8 Å². The maximum Gasteiger partial charge on any atom is 0.344 e. The molecule has 0 atom stereocenters. The van der Waals surface area contributed by atoms with Crippen LogP contribution in [0.4, 0.5) is 5.82 Å². The topological polar surface area (TPSA) is 89.0 Å². The molecule has 2 rings (SSSR count). The van der Waals surface area contributed by atoms with Crippen molar-refractivity contribution < 1.29 is 14.3 Å². The SMILES string of the molecule is Cn1cccc1C(=O)Nc1[nH]ncc1C(=O)OC(C)(C)C. The number of nitrogens with zero attached hydrogens (tertiary/aromatic N) is 2. The molecule has 2 aromatic heterocycles. The minimum atomic E-state index is -0.617. The largest absolute Gasteiger partial charge is 0.456 e. The number of anilines is 1. The molecule has 0 bridgehead atoms. The molecule has 7 nitrogen and oxygen atoms in total. The summed E-state index contributed by atoms with van der Waals surface area (Å²) in [6.07, 6.45) is 3.09. The fraction of sp³-hybridized carbons (Fsp3) is 0.357. The molecule has 0 radical (unpaired) electrons. The lowest BCUT2D eigenvalue weighted by atomic mass is 10.2. The lowest BCUT2D eigenvalue weighted by Gasteiger charge is -2.19. The van der Waals surface area contributed by atoms with Gasteiger partial charge < -0.3 is 14.6 Å². The number of aromatic amines is 1. The molecule has 1 amide bonds. The van der Waals surface area contributed by atoms with Gasteiger partial charge in [-0.05, 0) is 32.9 Å². The van der Waals surface area contributed by atoms with Crippen molar-refractivity contribution in [3.05, 3.63) is 35.8 Å². The first-order chi connectivity index (χ1) is 9.78. The van der Waals surface area contributed by atoms with Crippen LogP contribution in [0, 0.1) is 0 Å². The third kappa shape index (κ3) is 3.50. The number of H-pyrrole nitrogens is 1. The molecule has 0 fully saturated rings. The molecule has 2 heterocycles. The third-order valence-electron chi connectivity index (χ3n) is 2.67. The van der Waals surface area contributed by atoms with Gasteiger partial charge in [-0.2, -0.15) is 5.10 Å². The fourth-order valence-corrected chi connectivity index (χ4v) is 1.74. The summed E-state index contributed by atoms with van der Waals surface area (Å²) >= 11 is 0. The maximum absolute atomic E-state index is 12.1. The monoisotopic (exact) mass is 290 g/mol. The Hall–Kier alpha value is -2.57. The molecule has 0 saturated carbocycles. The van der Waals surface area contributed by atoms with Crippen LogP contribution in [0.15, 0.2) is 24.5 Å². The second-order valence-electron chi connectivity index (χ2n) is 5.62. The molecule has 112 valence electrons. The summed E-state index contributed by atoms with van der Waals surface area (Å²) in [7, 11) is 1.76. The van der Waals surface area contributed by atoms with E-state index >= 15 is 0 Å². The van der Waals surface area contributed by atoms with Crippen molar-refractivity contribution in [2.24, 2.45) is 7.05 Å². The number of aryl methyl sites for hydroxylation is 1. The van der Waals surface area contributed by atoms with Crippen LogP contribution in [0.1, 0.15) is 41.6 Å². The number of rotatable bonds is 3. The number of carbonyl (C=O) groups excluding carboxylic acids is 2. The minimum Gasteiger partial charge on any atom is -0.456 e. The van der Waals surface area contributed by atoms with Crippen LogP contribution in [-0.2, 0) is 11.8 Å². The predicted molar refractivity (Wildman–Crippen MR) is 77.1 cm³/mol. The van der Waals surface area contributed by atoms with E-state index in [0.29, 0.717) is 5.69 Å². The zero-order valence-corrected chi connectivity index (χ0v) is 12.4. The minimum absolute atomic E-state index is 0.187. The van der Waals surface area contributed by atoms with Crippen LogP contribution in [0.2, 0.25) is 0 Å². The molecular formula is C14H18N4O3. The summed E-state index contributed by atoms with van der Waals surface area (Å²) in [6, 6.07) is 3.44. The Bertz CT molecular complexity index is 664. The van der Waals surface area contributed by atoms with Gasteiger partial charge in [0.15, 0.2) is 0 Å². The number of hydrogen-bond donors (Lipinski definition) is 2. The highest BCUT2D eigenvalue weighted by Gasteiger charge is 2.23. The summed E-state index contributed by atoms with van der Waals surface area (Å²) in [4.78, 5) is 24.2. The molecule has 0 unspecified atom stereocenters. The van der Waals surface area contributed by atoms with Gasteiger partial charge in [-0.3, -0.25) is 9.89 Å². The van der Waals surface area contributed by atoms with Gasteiger partial charge in [-0.1, -0.05) is 0 Å². The van der Waals surface area contributed by atoms with E-state index < -0.39 is 11.6 Å². The van der Waals surface area contributed by atoms with Gasteiger partial charge in [-0.25, -0.2) is 4.79 Å². The van der Waals surface area contributed by atoms with Gasteiger partial charge in [-0.15, -0.1) is 0 Å². The quantitative estimate of drug-likeness (QED) is 0.846. The van der Waals surface area contributed by atoms with Crippen molar-refractivity contribution >= 4 is 17.7 Å². The van der Waals surface area contributed by atoms with E-state index in [4.69, 9.17) is 4.74 Å². The Kier molecular flexibility index (Phi) is 3.84. The van der Waals surface area contributed by atoms with Crippen molar-refractivity contribution in [3.63, 3.8) is 0 Å². The lowest BCUT2D eigenvalue weighted by molar-refractivity contribution is 0.00708. The normalized spacial score (nSPS) is 11.2. The Morgan fingerprint density at radius 1 is 1.38 bits per heavy atom. The molecular weight excluding hydrogens is 272 g/mol. The molecule has 2 N–H and O–H groups in total. The first-order valence-corrected chi connectivity index (χ1v) is 6.47. The highest BCUT2D eigenvalue weighted by molar-refractivity contribution is 6.06. The molecule has 0 aromatic carbocycles. The summed E-state index contributed by atoms with van der Waals surface area (Å²) in [6.45, 7) is 5.31. The number of aromatic nitrogens is 3. The number of amides is 1. The fourth-order valence-electron chi connectivity index (χ4n) is 1.74. The molecule has 0 saturated heterocycles. The van der Waals surface area contributed by atoms with E-state index in [-0.39, 0.29) is 17.3 Å². The van der Waals surface area contributed by atoms with Gasteiger partial charge in [0.25, 0.3) is 5.91 Å². The average molecular weight is 290 g/mol. The van der Waals surface area contributed by atoms with Crippen molar-refractivity contribution in [2.75, 3.05) is 5.32 Å². The van der Waals surface area contributed by atoms with Gasteiger partial charge in [0.05, 0.1) is 6.20 Å². The molecule has 2 aromatic rings. The van der Waals surface area contributed by atoms with Crippen molar-refractivity contribution in [1.29, 1.82) is 0 Å². The van der Waals surface area contributed by atoms with Crippen LogP contribution in [0.3, 0.4) is 0 Å². The Balaban J connectivity index is 2.16. The van der Waals surface area contributed by atoms with Crippen LogP contribution in [-0.4, -0.2) is 32.2 Å². The van der Waals surface area contributed by atoms with E-state index in [0.717, 1.165) is 0 Å². The van der Waals surface area contributed by atoms with Gasteiger partial charge in [0, 0.05) is 13.2 Å². The van der Waals surface area contributed by atoms with Crippen LogP contribution in [0.25, 0.3) is 0 Å². The number of carbonyl (C=O) groups is 2. The zero-order valence-electron chi connectivity index (χ0n) is 12.4. The van der Waals surface area contributed by atoms with E-state index in [1.807, 2.05) is 0 Å². The molecule has 0 aliphatic heterocycles. The Morgan fingerprint density at radius 2 is 2.10 bits per heavy atom. The summed E-state index contributed by atoms with van der Waals surface area (Å²) in [5.41, 5.74) is 0.0422. The predicted octanol–water partition coefficient (Wildman–Crippen LogP) is 1.96. The number of esters is 1. The Morgan fingerprint density at radius 3 is 2.67 bits per heavy atom. The number of nitrogens with one attached hydrogen (secondary N) is 2. The van der Waals surface area contributed by atoms with E-state index in [9.17, 15) is 9.59 Å². The second-order valence-corrected chi connectivity index (χ2v) is 5.62. The van der Waals surface area contributed by atoms with E-state index in [1.165, 1.54) is 6.20 Å². The second kappa shape index (κ2) is 5.43. The summed E-state index contributed by atoms with van der Waals surface area (Å²) < 4.78 is 6.94. The first kappa shape index (κ1) is 14.8. The average Bonchev–Trinajstić information content (AvgIpc) is 2.95. The molecule has 0 spiro atoms. The Labute approximate surface area is 122 Å². The molecule has 21 heavy (non-hydrogen) atoms. The highest BCUT2D eigenvalue weighted by atomic mass is 16.6. The molecule has 0 aliphatic carbocycles. The van der Waals surface area contributed by atoms with Crippen LogP contribution in [0.5, 0.6) is 0 Å². The molecule has 0 aliphatic rings. The standard InChI is InChI=1S/C14H18N4O3/c1-14(2,3)21-13(20)9-8-15-17-11(9)16-12(19)10-6-5-7-18(10)4/h5-8H,1-4H3,(H2,15,16,17,19). The van der Waals surface area contributed by atoms with Gasteiger partial charge >= 0.3 is 5.97 Å². The highest BCUT2D eigenvalue weighted by Crippen LogP contribution is 2.17. The van der Waals surface area contributed by atoms with Crippen molar-refractivity contribution in [2.45, 2.75) is 26.4 Å². The maximum atomic E-state index is 12.1. The lowest BCUT2D eigenvalue weighted by Crippen LogP contribution is -2.25. The number of hydrogen-bond acceptors (Lipinski definition) is 4. The van der Waals surface area contributed by atoms with Gasteiger partial charge in [0.2, 0.25) is 0 Å². The number of ether oxygens (including phenoxy) is 1. The smallest absolute Gasteiger partial charge is 0.344 e. The van der Waals surface area contributed by atoms with E-state index in [2.05, 4.69) is 15.5 Å². The van der Waals surface area contributed by atoms with E-state index in [1.54, 1.807) is 50.7 Å². The van der Waals surface area contributed by atoms with Crippen LogP contribution < -0.4 is 5.32 Å². The zero-order chi connectivity index (χ0) is 15.6. The third-order valence-corrected chi connectivity index (χ3v) is 2.67. The van der Waals surface area contributed by atoms with Crippen molar-refractivity contribution in [3.8, 4) is 0 Å². The summed E-state index contributed by atoms with van der Waals surface area (Å²) in [5, 5.41) is 9.00. The summed E-state index contributed by atoms with van der Waals surface area (Å²) in [5.74, 6) is -0.662. The molecule has 7 heteroatoms. The first-order valence-electron chi connectivity index (χ1n) is 6.47. The van der Waals surface area contributed by atoms with Crippen LogP contribution >= 0.6 is 0 Å². The van der Waals surface area contributed by atoms with Gasteiger partial charge in [0.1, 0.15) is 22.7 Å².